The fourth-order valence-corrected chi connectivity index (χ4v) is 3.75. The second kappa shape index (κ2) is 6.50. The normalized spacial score (nSPS) is 14.1. The molecule has 0 fully saturated rings. The molecule has 0 saturated heterocycles. The third-order valence-electron chi connectivity index (χ3n) is 3.28. The van der Waals surface area contributed by atoms with E-state index in [0.717, 1.165) is 6.42 Å². The van der Waals surface area contributed by atoms with Gasteiger partial charge in [0.1, 0.15) is 0 Å². The van der Waals surface area contributed by atoms with Gasteiger partial charge in [0.15, 0.2) is 0 Å². The summed E-state index contributed by atoms with van der Waals surface area (Å²) in [4.78, 5) is 0.315. The largest absolute Gasteiger partial charge is 0.326 e. The molecule has 0 aliphatic carbocycles. The molecule has 0 heterocycles. The Bertz CT molecular complexity index is 512. The van der Waals surface area contributed by atoms with Gasteiger partial charge in [0, 0.05) is 19.6 Å². The Morgan fingerprint density at radius 2 is 1.79 bits per heavy atom. The van der Waals surface area contributed by atoms with Crippen molar-refractivity contribution in [3.05, 3.63) is 29.8 Å². The van der Waals surface area contributed by atoms with Crippen LogP contribution >= 0.6 is 0 Å². The number of rotatable bonds is 6. The molecule has 1 atom stereocenters. The minimum absolute atomic E-state index is 0.0316. The van der Waals surface area contributed by atoms with E-state index in [1.807, 2.05) is 6.92 Å². The molecule has 5 heteroatoms. The number of nitrogens with two attached hydrogens (primary N) is 1. The van der Waals surface area contributed by atoms with E-state index >= 15 is 0 Å². The third kappa shape index (κ3) is 3.78. The molecule has 1 aromatic rings. The molecule has 0 aliphatic rings. The fraction of sp³-hybridized carbons (Fsp3) is 0.571. The topological polar surface area (TPSA) is 63.4 Å². The molecule has 0 bridgehead atoms. The number of hydrogen-bond donors (Lipinski definition) is 1. The van der Waals surface area contributed by atoms with Gasteiger partial charge in [-0.05, 0) is 30.9 Å². The molecule has 1 unspecified atom stereocenters. The lowest BCUT2D eigenvalue weighted by atomic mass is 10.1. The van der Waals surface area contributed by atoms with E-state index < -0.39 is 10.0 Å². The van der Waals surface area contributed by atoms with Crippen LogP contribution in [0.3, 0.4) is 0 Å². The van der Waals surface area contributed by atoms with Crippen LogP contribution in [-0.4, -0.2) is 25.8 Å². The van der Waals surface area contributed by atoms with Crippen LogP contribution < -0.4 is 5.73 Å². The van der Waals surface area contributed by atoms with Gasteiger partial charge in [-0.1, -0.05) is 32.0 Å². The van der Waals surface area contributed by atoms with Gasteiger partial charge in [-0.15, -0.1) is 0 Å². The predicted octanol–water partition coefficient (Wildman–Crippen LogP) is 2.20. The second-order valence-corrected chi connectivity index (χ2v) is 7.28. The van der Waals surface area contributed by atoms with Gasteiger partial charge >= 0.3 is 0 Å². The molecule has 108 valence electrons. The predicted molar refractivity (Wildman–Crippen MR) is 78.2 cm³/mol. The minimum atomic E-state index is -3.47. The van der Waals surface area contributed by atoms with Gasteiger partial charge in [0.05, 0.1) is 4.90 Å². The summed E-state index contributed by atoms with van der Waals surface area (Å²) in [5.41, 5.74) is 6.28. The van der Waals surface area contributed by atoms with E-state index in [1.165, 1.54) is 4.31 Å². The number of nitrogens with zero attached hydrogens (tertiary/aromatic N) is 1. The van der Waals surface area contributed by atoms with Crippen molar-refractivity contribution in [2.45, 2.75) is 44.7 Å². The van der Waals surface area contributed by atoms with Crippen LogP contribution in [0.5, 0.6) is 0 Å². The summed E-state index contributed by atoms with van der Waals surface area (Å²) >= 11 is 0. The highest BCUT2D eigenvalue weighted by Crippen LogP contribution is 2.22. The van der Waals surface area contributed by atoms with E-state index in [-0.39, 0.29) is 12.6 Å². The molecular weight excluding hydrogens is 260 g/mol. The van der Waals surface area contributed by atoms with Crippen molar-refractivity contribution in [2.75, 3.05) is 7.05 Å². The van der Waals surface area contributed by atoms with E-state index in [9.17, 15) is 8.42 Å². The lowest BCUT2D eigenvalue weighted by molar-refractivity contribution is 0.337. The number of sulfonamides is 1. The van der Waals surface area contributed by atoms with Crippen molar-refractivity contribution < 1.29 is 8.42 Å². The summed E-state index contributed by atoms with van der Waals surface area (Å²) in [5.74, 6) is 0.456. The van der Waals surface area contributed by atoms with E-state index in [0.29, 0.717) is 16.4 Å². The Labute approximate surface area is 116 Å². The van der Waals surface area contributed by atoms with Crippen molar-refractivity contribution >= 4 is 10.0 Å². The number of hydrogen-bond acceptors (Lipinski definition) is 3. The standard InChI is InChI=1S/C14H24N2O2S/c1-11(2)9-12(3)16(4)19(17,18)14-8-6-5-7-13(14)10-15/h5-8,11-12H,9-10,15H2,1-4H3. The molecule has 0 aromatic heterocycles. The maximum Gasteiger partial charge on any atom is 0.243 e. The molecule has 1 rings (SSSR count). The first-order valence-corrected chi connectivity index (χ1v) is 8.00. The lowest BCUT2D eigenvalue weighted by Crippen LogP contribution is -2.36. The molecule has 0 saturated carbocycles. The fourth-order valence-electron chi connectivity index (χ4n) is 2.15. The first-order chi connectivity index (χ1) is 8.80. The molecule has 1 aromatic carbocycles. The van der Waals surface area contributed by atoms with Gasteiger partial charge in [-0.25, -0.2) is 8.42 Å². The smallest absolute Gasteiger partial charge is 0.243 e. The second-order valence-electron chi connectivity index (χ2n) is 5.31. The van der Waals surface area contributed by atoms with Crippen LogP contribution in [-0.2, 0) is 16.6 Å². The van der Waals surface area contributed by atoms with Crippen LogP contribution in [0.2, 0.25) is 0 Å². The van der Waals surface area contributed by atoms with E-state index in [2.05, 4.69) is 13.8 Å². The zero-order valence-electron chi connectivity index (χ0n) is 12.1. The summed E-state index contributed by atoms with van der Waals surface area (Å²) in [5, 5.41) is 0. The van der Waals surface area contributed by atoms with Gasteiger partial charge < -0.3 is 5.73 Å². The molecular formula is C14H24N2O2S. The average Bonchev–Trinajstić information content (AvgIpc) is 2.36. The quantitative estimate of drug-likeness (QED) is 0.871. The highest BCUT2D eigenvalue weighted by Gasteiger charge is 2.27. The molecule has 0 aliphatic heterocycles. The van der Waals surface area contributed by atoms with Crippen molar-refractivity contribution in [2.24, 2.45) is 11.7 Å². The maximum absolute atomic E-state index is 12.6. The van der Waals surface area contributed by atoms with Crippen LogP contribution in [0, 0.1) is 5.92 Å². The van der Waals surface area contributed by atoms with Crippen molar-refractivity contribution in [1.82, 2.24) is 4.31 Å². The van der Waals surface area contributed by atoms with Gasteiger partial charge in [0.25, 0.3) is 0 Å². The van der Waals surface area contributed by atoms with Gasteiger partial charge in [-0.3, -0.25) is 0 Å². The first-order valence-electron chi connectivity index (χ1n) is 6.56. The summed E-state index contributed by atoms with van der Waals surface area (Å²) in [6, 6.07) is 6.88. The van der Waals surface area contributed by atoms with E-state index in [1.54, 1.807) is 31.3 Å². The number of benzene rings is 1. The molecule has 0 spiro atoms. The zero-order chi connectivity index (χ0) is 14.6. The minimum Gasteiger partial charge on any atom is -0.326 e. The molecule has 4 nitrogen and oxygen atoms in total. The summed E-state index contributed by atoms with van der Waals surface area (Å²) in [6.45, 7) is 6.33. The van der Waals surface area contributed by atoms with E-state index in [4.69, 9.17) is 5.73 Å². The Morgan fingerprint density at radius 1 is 1.21 bits per heavy atom. The highest BCUT2D eigenvalue weighted by atomic mass is 32.2. The Balaban J connectivity index is 3.09. The van der Waals surface area contributed by atoms with Crippen LogP contribution in [0.15, 0.2) is 29.2 Å². The first kappa shape index (κ1) is 16.1. The lowest BCUT2D eigenvalue weighted by Gasteiger charge is -2.26. The SMILES string of the molecule is CC(C)CC(C)N(C)S(=O)(=O)c1ccccc1CN. The Kier molecular flexibility index (Phi) is 5.52. The van der Waals surface area contributed by atoms with Crippen LogP contribution in [0.4, 0.5) is 0 Å². The Hall–Kier alpha value is -0.910. The average molecular weight is 284 g/mol. The molecule has 0 amide bonds. The summed E-state index contributed by atoms with van der Waals surface area (Å²) < 4.78 is 26.7. The van der Waals surface area contributed by atoms with Gasteiger partial charge in [0.2, 0.25) is 10.0 Å². The van der Waals surface area contributed by atoms with Crippen molar-refractivity contribution in [1.29, 1.82) is 0 Å². The molecule has 0 radical (unpaired) electrons. The van der Waals surface area contributed by atoms with Crippen molar-refractivity contribution in [3.8, 4) is 0 Å². The van der Waals surface area contributed by atoms with Crippen LogP contribution in [0.1, 0.15) is 32.8 Å². The monoisotopic (exact) mass is 284 g/mol. The van der Waals surface area contributed by atoms with Crippen LogP contribution in [0.25, 0.3) is 0 Å². The van der Waals surface area contributed by atoms with Gasteiger partial charge in [-0.2, -0.15) is 4.31 Å². The molecule has 2 N–H and O–H groups in total. The third-order valence-corrected chi connectivity index (χ3v) is 5.36. The summed E-state index contributed by atoms with van der Waals surface area (Å²) in [6.07, 6.45) is 0.834. The maximum atomic E-state index is 12.6. The zero-order valence-corrected chi connectivity index (χ0v) is 12.9. The molecule has 19 heavy (non-hydrogen) atoms. The summed E-state index contributed by atoms with van der Waals surface area (Å²) in [7, 11) is -1.84. The van der Waals surface area contributed by atoms with Crippen molar-refractivity contribution in [3.63, 3.8) is 0 Å². The Morgan fingerprint density at radius 3 is 2.32 bits per heavy atom. The highest BCUT2D eigenvalue weighted by molar-refractivity contribution is 7.89.